The van der Waals surface area contributed by atoms with Gasteiger partial charge in [-0.15, -0.1) is 0 Å². The van der Waals surface area contributed by atoms with Gasteiger partial charge in [-0.25, -0.2) is 22.4 Å². The van der Waals surface area contributed by atoms with Crippen LogP contribution < -0.4 is 15.4 Å². The highest BCUT2D eigenvalue weighted by Crippen LogP contribution is 2.48. The Morgan fingerprint density at radius 3 is 2.41 bits per heavy atom. The van der Waals surface area contributed by atoms with Gasteiger partial charge < -0.3 is 25.0 Å². The maximum Gasteiger partial charge on any atom is 0.410 e. The van der Waals surface area contributed by atoms with E-state index in [1.807, 2.05) is 0 Å². The van der Waals surface area contributed by atoms with E-state index in [0.717, 1.165) is 31.2 Å². The molecule has 0 bridgehead atoms. The lowest BCUT2D eigenvalue weighted by molar-refractivity contribution is -0.141. The fourth-order valence-corrected chi connectivity index (χ4v) is 9.26. The number of rotatable bonds is 6. The Hall–Kier alpha value is -4.73. The Kier molecular flexibility index (Phi) is 12.0. The van der Waals surface area contributed by atoms with E-state index in [2.05, 4.69) is 15.4 Å². The summed E-state index contributed by atoms with van der Waals surface area (Å²) in [6.45, 7) is 6.79. The zero-order chi connectivity index (χ0) is 40.4. The first-order valence-corrected chi connectivity index (χ1v) is 21.0. The smallest absolute Gasteiger partial charge is 0.410 e. The summed E-state index contributed by atoms with van der Waals surface area (Å²) in [7, 11) is -4.16. The molecule has 1 saturated carbocycles. The van der Waals surface area contributed by atoms with E-state index in [-0.39, 0.29) is 44.8 Å². The minimum Gasteiger partial charge on any atom is -0.444 e. The van der Waals surface area contributed by atoms with Crippen LogP contribution in [-0.4, -0.2) is 84.0 Å². The van der Waals surface area contributed by atoms with Gasteiger partial charge in [0.05, 0.1) is 18.8 Å². The summed E-state index contributed by atoms with van der Waals surface area (Å²) in [5.41, 5.74) is -0.0744. The number of carbonyl (C=O) groups excluding carboxylic acids is 5. The standard InChI is InChI=1S/C40H52FN5O9S/c1-25-13-10-11-14-27(25)24-56(52,53)44-36(49)40-20-28(40)16-8-6-5-7-9-18-32(42-37(50)55-39(2,3)4)35(48)46-22-29(19-33(46)34(47)43-40)54-38(51)45-21-26-15-12-17-31(41)30(26)23-45/h10-15,17,28-29,32-33H,5-9,16,18-24H2,1-4H3,(H,42,50)(H,43,47)(H,44,49)/t28-,29-,32+,33+,40-/m1/s1. The summed E-state index contributed by atoms with van der Waals surface area (Å²) in [5, 5.41) is 5.53. The normalized spacial score (nSPS) is 25.7. The van der Waals surface area contributed by atoms with E-state index in [1.165, 1.54) is 15.9 Å². The number of halogens is 1. The molecule has 0 spiro atoms. The van der Waals surface area contributed by atoms with E-state index in [1.54, 1.807) is 64.1 Å². The van der Waals surface area contributed by atoms with Crippen molar-refractivity contribution in [3.05, 3.63) is 70.5 Å². The molecule has 0 aromatic heterocycles. The highest BCUT2D eigenvalue weighted by Gasteiger charge is 2.62. The second-order valence-electron chi connectivity index (χ2n) is 16.5. The lowest BCUT2D eigenvalue weighted by atomic mass is 10.0. The van der Waals surface area contributed by atoms with Crippen molar-refractivity contribution in [1.82, 2.24) is 25.2 Å². The van der Waals surface area contributed by atoms with Gasteiger partial charge in [-0.3, -0.25) is 24.0 Å². The summed E-state index contributed by atoms with van der Waals surface area (Å²) in [6.07, 6.45) is 2.12. The number of alkyl carbamates (subject to hydrolysis) is 1. The molecule has 2 saturated heterocycles. The van der Waals surface area contributed by atoms with E-state index in [0.29, 0.717) is 29.5 Å². The third kappa shape index (κ3) is 9.61. The fraction of sp³-hybridized carbons (Fsp3) is 0.575. The Morgan fingerprint density at radius 2 is 1.70 bits per heavy atom. The van der Waals surface area contributed by atoms with Crippen LogP contribution in [0.25, 0.3) is 0 Å². The summed E-state index contributed by atoms with van der Waals surface area (Å²) >= 11 is 0. The number of carbonyl (C=O) groups is 5. The van der Waals surface area contributed by atoms with Crippen LogP contribution in [0.3, 0.4) is 0 Å². The van der Waals surface area contributed by atoms with Crippen LogP contribution in [0, 0.1) is 18.7 Å². The van der Waals surface area contributed by atoms with Gasteiger partial charge in [-0.2, -0.15) is 0 Å². The summed E-state index contributed by atoms with van der Waals surface area (Å²) in [6, 6.07) is 9.24. The second-order valence-corrected chi connectivity index (χ2v) is 18.2. The number of sulfonamides is 1. The Labute approximate surface area is 327 Å². The minimum absolute atomic E-state index is 0.00618. The van der Waals surface area contributed by atoms with Crippen molar-refractivity contribution in [1.29, 1.82) is 0 Å². The van der Waals surface area contributed by atoms with Gasteiger partial charge in [-0.05, 0) is 75.6 Å². The molecule has 3 aliphatic heterocycles. The van der Waals surface area contributed by atoms with Gasteiger partial charge in [0.25, 0.3) is 5.91 Å². The van der Waals surface area contributed by atoms with Crippen LogP contribution in [0.15, 0.2) is 42.5 Å². The molecule has 5 atom stereocenters. The Balaban J connectivity index is 1.25. The van der Waals surface area contributed by atoms with Gasteiger partial charge in [0.2, 0.25) is 21.8 Å². The van der Waals surface area contributed by atoms with Crippen molar-refractivity contribution in [2.75, 3.05) is 6.54 Å². The number of fused-ring (bicyclic) bond motifs is 3. The molecule has 3 fully saturated rings. The maximum absolute atomic E-state index is 14.5. The topological polar surface area (TPSA) is 181 Å². The third-order valence-corrected chi connectivity index (χ3v) is 12.2. The van der Waals surface area contributed by atoms with Crippen LogP contribution in [0.2, 0.25) is 0 Å². The molecule has 3 N–H and O–H groups in total. The van der Waals surface area contributed by atoms with Gasteiger partial charge >= 0.3 is 12.2 Å². The molecule has 6 rings (SSSR count). The zero-order valence-corrected chi connectivity index (χ0v) is 33.2. The largest absolute Gasteiger partial charge is 0.444 e. The van der Waals surface area contributed by atoms with Crippen molar-refractivity contribution in [3.8, 4) is 0 Å². The summed E-state index contributed by atoms with van der Waals surface area (Å²) < 4.78 is 54.6. The Bertz CT molecular complexity index is 1970. The summed E-state index contributed by atoms with van der Waals surface area (Å²) in [5.74, 6) is -3.37. The predicted molar refractivity (Wildman–Crippen MR) is 202 cm³/mol. The number of hydrogen-bond acceptors (Lipinski definition) is 9. The Morgan fingerprint density at radius 1 is 0.982 bits per heavy atom. The molecule has 2 aromatic carbocycles. The number of hydrogen-bond donors (Lipinski definition) is 3. The fourth-order valence-electron chi connectivity index (χ4n) is 7.99. The number of nitrogens with one attached hydrogen (secondary N) is 3. The molecule has 3 heterocycles. The molecule has 1 aliphatic carbocycles. The number of nitrogens with zero attached hydrogens (tertiary/aromatic N) is 2. The van der Waals surface area contributed by atoms with Crippen molar-refractivity contribution >= 4 is 39.9 Å². The molecule has 0 radical (unpaired) electrons. The molecular weight excluding hydrogens is 746 g/mol. The molecule has 5 amide bonds. The number of benzene rings is 2. The van der Waals surface area contributed by atoms with Crippen LogP contribution in [0.4, 0.5) is 14.0 Å². The third-order valence-electron chi connectivity index (χ3n) is 11.0. The van der Waals surface area contributed by atoms with E-state index >= 15 is 0 Å². The van der Waals surface area contributed by atoms with Gasteiger partial charge in [0, 0.05) is 18.5 Å². The molecule has 4 aliphatic rings. The van der Waals surface area contributed by atoms with E-state index in [9.17, 15) is 36.8 Å². The minimum atomic E-state index is -4.16. The van der Waals surface area contributed by atoms with Crippen molar-refractivity contribution in [2.24, 2.45) is 5.92 Å². The van der Waals surface area contributed by atoms with Crippen LogP contribution >= 0.6 is 0 Å². The van der Waals surface area contributed by atoms with Crippen LogP contribution in [0.5, 0.6) is 0 Å². The van der Waals surface area contributed by atoms with Gasteiger partial charge in [-0.1, -0.05) is 68.5 Å². The SMILES string of the molecule is Cc1ccccc1CS(=O)(=O)NC(=O)[C@@]12C[C@H]1CCCCCCC[C@H](NC(=O)OC(C)(C)C)C(=O)N1C[C@H](OC(=O)N3Cc4cccc(F)c4C3)C[C@H]1C(=O)N2. The number of aryl methyl sites for hydroxylation is 1. The highest BCUT2D eigenvalue weighted by atomic mass is 32.2. The lowest BCUT2D eigenvalue weighted by Gasteiger charge is -2.30. The van der Waals surface area contributed by atoms with Crippen LogP contribution in [-0.2, 0) is 52.7 Å². The van der Waals surface area contributed by atoms with Gasteiger partial charge in [0.1, 0.15) is 35.1 Å². The van der Waals surface area contributed by atoms with Crippen molar-refractivity contribution in [2.45, 2.75) is 134 Å². The summed E-state index contributed by atoms with van der Waals surface area (Å²) in [4.78, 5) is 71.7. The van der Waals surface area contributed by atoms with Crippen molar-refractivity contribution in [3.63, 3.8) is 0 Å². The van der Waals surface area contributed by atoms with Gasteiger partial charge in [0.15, 0.2) is 0 Å². The highest BCUT2D eigenvalue weighted by molar-refractivity contribution is 7.89. The molecule has 0 unspecified atom stereocenters. The lowest BCUT2D eigenvalue weighted by Crippen LogP contribution is -2.58. The molecular formula is C40H52FN5O9S. The first-order valence-electron chi connectivity index (χ1n) is 19.4. The van der Waals surface area contributed by atoms with E-state index in [4.69, 9.17) is 9.47 Å². The predicted octanol–water partition coefficient (Wildman–Crippen LogP) is 4.71. The van der Waals surface area contributed by atoms with E-state index < -0.39 is 80.8 Å². The monoisotopic (exact) mass is 797 g/mol. The average molecular weight is 798 g/mol. The quantitative estimate of drug-likeness (QED) is 0.373. The second kappa shape index (κ2) is 16.4. The molecule has 14 nitrogen and oxygen atoms in total. The first kappa shape index (κ1) is 40.9. The number of ether oxygens (including phenoxy) is 2. The van der Waals surface area contributed by atoms with Crippen LogP contribution in [0.1, 0.15) is 101 Å². The number of amides is 5. The molecule has 16 heteroatoms. The molecule has 2 aromatic rings. The average Bonchev–Trinajstić information content (AvgIpc) is 3.40. The zero-order valence-electron chi connectivity index (χ0n) is 32.4. The van der Waals surface area contributed by atoms with Crippen molar-refractivity contribution < 1.29 is 46.3 Å². The molecule has 56 heavy (non-hydrogen) atoms. The molecule has 304 valence electrons. The first-order chi connectivity index (χ1) is 26.4. The maximum atomic E-state index is 14.5.